The summed E-state index contributed by atoms with van der Waals surface area (Å²) in [6.45, 7) is 3.64. The van der Waals surface area contributed by atoms with E-state index >= 15 is 0 Å². The van der Waals surface area contributed by atoms with Crippen LogP contribution in [0.2, 0.25) is 0 Å². The number of aromatic nitrogens is 2. The van der Waals surface area contributed by atoms with E-state index in [0.717, 1.165) is 5.56 Å². The minimum atomic E-state index is -3.30. The Kier molecular flexibility index (Phi) is 4.97. The molecule has 0 bridgehead atoms. The number of non-ortho nitro benzene ring substituents is 1. The molecule has 176 valence electrons. The number of amides is 1. The number of aromatic amines is 1. The zero-order valence-corrected chi connectivity index (χ0v) is 19.3. The lowest BCUT2D eigenvalue weighted by atomic mass is 9.93. The zero-order valence-electron chi connectivity index (χ0n) is 18.5. The fourth-order valence-corrected chi connectivity index (χ4v) is 6.73. The molecule has 2 unspecified atom stereocenters. The number of nitro groups is 1. The van der Waals surface area contributed by atoms with Crippen molar-refractivity contribution in [2.45, 2.75) is 32.4 Å². The number of carbonyl (C=O) groups excluding carboxylic acids is 1. The largest absolute Gasteiger partial charge is 0.507 e. The van der Waals surface area contributed by atoms with Crippen molar-refractivity contribution in [3.05, 3.63) is 74.5 Å². The summed E-state index contributed by atoms with van der Waals surface area (Å²) in [4.78, 5) is 26.0. The molecule has 0 aliphatic carbocycles. The Bertz CT molecular complexity index is 1460. The molecule has 34 heavy (non-hydrogen) atoms. The van der Waals surface area contributed by atoms with Gasteiger partial charge in [0, 0.05) is 29.3 Å². The number of rotatable bonds is 4. The highest BCUT2D eigenvalue weighted by atomic mass is 32.2. The van der Waals surface area contributed by atoms with Crippen molar-refractivity contribution in [1.82, 2.24) is 15.1 Å². The first-order chi connectivity index (χ1) is 16.1. The SMILES string of the molecule is Cc1cc(C)c(O)c(-c2n[nH]c3c2C(c2cccc([N+](=O)[O-])c2)N(C2CCS(=O)(=O)C2)C3=O)c1. The molecule has 0 radical (unpaired) electrons. The molecule has 2 N–H and O–H groups in total. The summed E-state index contributed by atoms with van der Waals surface area (Å²) in [6.07, 6.45) is 0.279. The molecule has 10 nitrogen and oxygen atoms in total. The van der Waals surface area contributed by atoms with Crippen LogP contribution in [0.3, 0.4) is 0 Å². The van der Waals surface area contributed by atoms with Gasteiger partial charge in [0.2, 0.25) is 0 Å². The zero-order chi connectivity index (χ0) is 24.4. The summed E-state index contributed by atoms with van der Waals surface area (Å²) in [5.74, 6) is -0.602. The Morgan fingerprint density at radius 3 is 2.68 bits per heavy atom. The molecule has 5 rings (SSSR count). The Hall–Kier alpha value is -3.73. The normalized spacial score (nSPS) is 21.1. The molecule has 2 aromatic carbocycles. The maximum absolute atomic E-state index is 13.5. The number of nitro benzene ring substituents is 1. The van der Waals surface area contributed by atoms with Gasteiger partial charge in [-0.2, -0.15) is 5.10 Å². The van der Waals surface area contributed by atoms with Crippen LogP contribution in [0.4, 0.5) is 5.69 Å². The fourth-order valence-electron chi connectivity index (χ4n) is 5.02. The van der Waals surface area contributed by atoms with Gasteiger partial charge in [0.15, 0.2) is 9.84 Å². The topological polar surface area (TPSA) is 146 Å². The molecule has 3 aromatic rings. The maximum atomic E-state index is 13.5. The Morgan fingerprint density at radius 2 is 2.00 bits per heavy atom. The summed E-state index contributed by atoms with van der Waals surface area (Å²) in [5.41, 5.74) is 3.30. The third-order valence-corrected chi connectivity index (χ3v) is 8.25. The molecule has 11 heteroatoms. The van der Waals surface area contributed by atoms with Gasteiger partial charge in [-0.25, -0.2) is 8.42 Å². The average Bonchev–Trinajstić information content (AvgIpc) is 3.44. The van der Waals surface area contributed by atoms with Gasteiger partial charge >= 0.3 is 0 Å². The van der Waals surface area contributed by atoms with Crippen molar-refractivity contribution in [2.75, 3.05) is 11.5 Å². The summed E-state index contributed by atoms with van der Waals surface area (Å²) in [5, 5.41) is 29.4. The number of nitrogens with one attached hydrogen (secondary N) is 1. The molecular weight excluding hydrogens is 460 g/mol. The van der Waals surface area contributed by atoms with E-state index in [-0.39, 0.29) is 35.1 Å². The lowest BCUT2D eigenvalue weighted by Gasteiger charge is -2.31. The van der Waals surface area contributed by atoms with Gasteiger partial charge < -0.3 is 10.0 Å². The lowest BCUT2D eigenvalue weighted by molar-refractivity contribution is -0.384. The van der Waals surface area contributed by atoms with Gasteiger partial charge in [0.05, 0.1) is 22.5 Å². The van der Waals surface area contributed by atoms with Crippen molar-refractivity contribution in [3.63, 3.8) is 0 Å². The van der Waals surface area contributed by atoms with Crippen LogP contribution in [-0.2, 0) is 9.84 Å². The first kappa shape index (κ1) is 22.1. The number of aryl methyl sites for hydroxylation is 2. The van der Waals surface area contributed by atoms with E-state index in [1.165, 1.54) is 23.1 Å². The monoisotopic (exact) mass is 482 g/mol. The van der Waals surface area contributed by atoms with E-state index in [2.05, 4.69) is 10.2 Å². The van der Waals surface area contributed by atoms with Crippen LogP contribution in [-0.4, -0.2) is 57.0 Å². The van der Waals surface area contributed by atoms with Crippen molar-refractivity contribution in [1.29, 1.82) is 0 Å². The Balaban J connectivity index is 1.73. The number of fused-ring (bicyclic) bond motifs is 1. The number of hydrogen-bond acceptors (Lipinski definition) is 7. The standard InChI is InChI=1S/C23H22N4O6S/c1-12-8-13(2)22(28)17(9-12)19-18-20(25-24-19)23(29)26(16-6-7-34(32,33)11-16)21(18)14-4-3-5-15(10-14)27(30)31/h3-5,8-10,16,21,28H,6-7,11H2,1-2H3,(H,24,25). The number of phenols is 1. The molecule has 0 spiro atoms. The molecule has 2 atom stereocenters. The highest BCUT2D eigenvalue weighted by Crippen LogP contribution is 2.47. The minimum absolute atomic E-state index is 0.0204. The highest BCUT2D eigenvalue weighted by Gasteiger charge is 2.48. The van der Waals surface area contributed by atoms with Crippen LogP contribution in [0.5, 0.6) is 5.75 Å². The van der Waals surface area contributed by atoms with E-state index in [1.54, 1.807) is 19.1 Å². The van der Waals surface area contributed by atoms with E-state index in [0.29, 0.717) is 27.9 Å². The number of carbonyl (C=O) groups is 1. The number of sulfone groups is 1. The van der Waals surface area contributed by atoms with Crippen molar-refractivity contribution in [2.24, 2.45) is 0 Å². The van der Waals surface area contributed by atoms with Crippen LogP contribution >= 0.6 is 0 Å². The summed E-state index contributed by atoms with van der Waals surface area (Å²) >= 11 is 0. The third-order valence-electron chi connectivity index (χ3n) is 6.50. The maximum Gasteiger partial charge on any atom is 0.273 e. The molecule has 1 amide bonds. The molecule has 2 aliphatic heterocycles. The number of phenolic OH excluding ortho intramolecular Hbond substituents is 1. The van der Waals surface area contributed by atoms with Crippen LogP contribution in [0.25, 0.3) is 11.3 Å². The molecule has 1 fully saturated rings. The predicted molar refractivity (Wildman–Crippen MR) is 123 cm³/mol. The Labute approximate surface area is 195 Å². The first-order valence-corrected chi connectivity index (χ1v) is 12.6. The summed E-state index contributed by atoms with van der Waals surface area (Å²) in [6, 6.07) is 8.17. The van der Waals surface area contributed by atoms with E-state index < -0.39 is 32.8 Å². The Morgan fingerprint density at radius 1 is 1.24 bits per heavy atom. The molecule has 2 aliphatic rings. The summed E-state index contributed by atoms with van der Waals surface area (Å²) < 4.78 is 24.5. The van der Waals surface area contributed by atoms with Gasteiger partial charge in [0.25, 0.3) is 11.6 Å². The van der Waals surface area contributed by atoms with Crippen molar-refractivity contribution in [3.8, 4) is 17.0 Å². The molecule has 0 saturated carbocycles. The number of nitrogens with zero attached hydrogens (tertiary/aromatic N) is 3. The van der Waals surface area contributed by atoms with Crippen LogP contribution < -0.4 is 0 Å². The van der Waals surface area contributed by atoms with E-state index in [9.17, 15) is 28.4 Å². The first-order valence-electron chi connectivity index (χ1n) is 10.7. The van der Waals surface area contributed by atoms with Crippen LogP contribution in [0.1, 0.15) is 45.2 Å². The number of hydrogen-bond donors (Lipinski definition) is 2. The van der Waals surface area contributed by atoms with Crippen LogP contribution in [0, 0.1) is 24.0 Å². The third kappa shape index (κ3) is 3.43. The second kappa shape index (κ2) is 7.66. The molecule has 1 saturated heterocycles. The van der Waals surface area contributed by atoms with Crippen molar-refractivity contribution >= 4 is 21.4 Å². The van der Waals surface area contributed by atoms with Gasteiger partial charge in [-0.1, -0.05) is 18.2 Å². The van der Waals surface area contributed by atoms with Crippen LogP contribution in [0.15, 0.2) is 36.4 Å². The van der Waals surface area contributed by atoms with Gasteiger partial charge in [-0.05, 0) is 43.0 Å². The lowest BCUT2D eigenvalue weighted by Crippen LogP contribution is -2.40. The van der Waals surface area contributed by atoms with Gasteiger partial charge in [-0.15, -0.1) is 0 Å². The van der Waals surface area contributed by atoms with Gasteiger partial charge in [-0.3, -0.25) is 20.0 Å². The number of benzene rings is 2. The summed E-state index contributed by atoms with van der Waals surface area (Å²) in [7, 11) is -3.30. The minimum Gasteiger partial charge on any atom is -0.507 e. The molecule has 1 aromatic heterocycles. The number of H-pyrrole nitrogens is 1. The fraction of sp³-hybridized carbons (Fsp3) is 0.304. The van der Waals surface area contributed by atoms with E-state index in [1.807, 2.05) is 13.0 Å². The predicted octanol–water partition coefficient (Wildman–Crippen LogP) is 3.04. The quantitative estimate of drug-likeness (QED) is 0.429. The van der Waals surface area contributed by atoms with E-state index in [4.69, 9.17) is 0 Å². The van der Waals surface area contributed by atoms with Gasteiger partial charge in [0.1, 0.15) is 17.1 Å². The second-order valence-electron chi connectivity index (χ2n) is 8.86. The number of aromatic hydroxyl groups is 1. The van der Waals surface area contributed by atoms with Crippen molar-refractivity contribution < 1.29 is 23.2 Å². The molecule has 3 heterocycles. The average molecular weight is 483 g/mol. The molecular formula is C23H22N4O6S. The smallest absolute Gasteiger partial charge is 0.273 e. The highest BCUT2D eigenvalue weighted by molar-refractivity contribution is 7.91. The second-order valence-corrected chi connectivity index (χ2v) is 11.1.